The maximum atomic E-state index is 13.2. The van der Waals surface area contributed by atoms with E-state index in [0.717, 1.165) is 11.3 Å². The molecular weight excluding hydrogens is 331 g/mol. The largest absolute Gasteiger partial charge is 0.298 e. The normalized spacial score (nSPS) is 10.5. The number of amides is 1. The number of rotatable bonds is 4. The molecule has 0 unspecified atom stereocenters. The van der Waals surface area contributed by atoms with Gasteiger partial charge < -0.3 is 0 Å². The van der Waals surface area contributed by atoms with Crippen molar-refractivity contribution in [2.75, 3.05) is 11.6 Å². The van der Waals surface area contributed by atoms with E-state index >= 15 is 0 Å². The second kappa shape index (κ2) is 6.93. The number of anilines is 1. The fourth-order valence-electron chi connectivity index (χ4n) is 2.02. The van der Waals surface area contributed by atoms with Crippen LogP contribution in [0.1, 0.15) is 10.4 Å². The molecule has 0 fully saturated rings. The fourth-order valence-corrected chi connectivity index (χ4v) is 3.15. The highest BCUT2D eigenvalue weighted by Crippen LogP contribution is 2.27. The van der Waals surface area contributed by atoms with Crippen LogP contribution in [0, 0.1) is 5.82 Å². The minimum Gasteiger partial charge on any atom is -0.298 e. The van der Waals surface area contributed by atoms with Gasteiger partial charge >= 0.3 is 0 Å². The molecule has 23 heavy (non-hydrogen) atoms. The van der Waals surface area contributed by atoms with E-state index in [2.05, 4.69) is 10.3 Å². The molecule has 1 aromatic heterocycles. The summed E-state index contributed by atoms with van der Waals surface area (Å²) in [7, 11) is 0. The summed E-state index contributed by atoms with van der Waals surface area (Å²) in [4.78, 5) is 17.7. The predicted octanol–water partition coefficient (Wildman–Crippen LogP) is 4.92. The third kappa shape index (κ3) is 3.78. The Balaban J connectivity index is 1.75. The SMILES string of the molecule is CSc1ccc(-c2csc(NC(=O)c3cccc(F)c3)n2)cc1. The van der Waals surface area contributed by atoms with E-state index < -0.39 is 5.82 Å². The molecule has 0 radical (unpaired) electrons. The van der Waals surface area contributed by atoms with Crippen molar-refractivity contribution in [1.82, 2.24) is 4.98 Å². The van der Waals surface area contributed by atoms with Crippen LogP contribution < -0.4 is 5.32 Å². The van der Waals surface area contributed by atoms with E-state index in [9.17, 15) is 9.18 Å². The molecule has 3 nitrogen and oxygen atoms in total. The number of carbonyl (C=O) groups is 1. The van der Waals surface area contributed by atoms with E-state index in [1.807, 2.05) is 35.9 Å². The van der Waals surface area contributed by atoms with Gasteiger partial charge in [-0.2, -0.15) is 0 Å². The first kappa shape index (κ1) is 15.7. The van der Waals surface area contributed by atoms with Crippen LogP contribution in [0.4, 0.5) is 9.52 Å². The lowest BCUT2D eigenvalue weighted by Crippen LogP contribution is -2.11. The number of thiazole rings is 1. The minimum atomic E-state index is -0.439. The number of nitrogens with zero attached hydrogens (tertiary/aromatic N) is 1. The number of benzene rings is 2. The van der Waals surface area contributed by atoms with Gasteiger partial charge in [0.2, 0.25) is 0 Å². The summed E-state index contributed by atoms with van der Waals surface area (Å²) in [5, 5.41) is 5.07. The zero-order valence-corrected chi connectivity index (χ0v) is 13.9. The topological polar surface area (TPSA) is 42.0 Å². The maximum Gasteiger partial charge on any atom is 0.257 e. The summed E-state index contributed by atoms with van der Waals surface area (Å²) in [6.45, 7) is 0. The molecule has 116 valence electrons. The number of carbonyl (C=O) groups excluding carboxylic acids is 1. The van der Waals surface area contributed by atoms with E-state index in [4.69, 9.17) is 0 Å². The molecule has 0 aliphatic heterocycles. The molecule has 1 amide bonds. The van der Waals surface area contributed by atoms with Crippen molar-refractivity contribution in [2.24, 2.45) is 0 Å². The van der Waals surface area contributed by atoms with Crippen molar-refractivity contribution in [1.29, 1.82) is 0 Å². The molecule has 2 aromatic carbocycles. The third-order valence-electron chi connectivity index (χ3n) is 3.20. The van der Waals surface area contributed by atoms with Crippen molar-refractivity contribution in [3.8, 4) is 11.3 Å². The first-order valence-electron chi connectivity index (χ1n) is 6.82. The second-order valence-corrected chi connectivity index (χ2v) is 6.47. The third-order valence-corrected chi connectivity index (χ3v) is 4.70. The Hall–Kier alpha value is -2.18. The Labute approximate surface area is 141 Å². The lowest BCUT2D eigenvalue weighted by atomic mass is 10.2. The molecule has 0 aliphatic rings. The van der Waals surface area contributed by atoms with Crippen LogP contribution >= 0.6 is 23.1 Å². The van der Waals surface area contributed by atoms with Crippen molar-refractivity contribution in [3.63, 3.8) is 0 Å². The molecular formula is C17H13FN2OS2. The summed E-state index contributed by atoms with van der Waals surface area (Å²) in [6, 6.07) is 13.6. The average Bonchev–Trinajstić information content (AvgIpc) is 3.03. The lowest BCUT2D eigenvalue weighted by molar-refractivity contribution is 0.102. The summed E-state index contributed by atoms with van der Waals surface area (Å²) in [6.07, 6.45) is 2.03. The number of aromatic nitrogens is 1. The number of hydrogen-bond acceptors (Lipinski definition) is 4. The van der Waals surface area contributed by atoms with E-state index in [1.165, 1.54) is 34.4 Å². The van der Waals surface area contributed by atoms with Crippen LogP contribution in [-0.2, 0) is 0 Å². The Kier molecular flexibility index (Phi) is 4.73. The van der Waals surface area contributed by atoms with E-state index in [-0.39, 0.29) is 11.5 Å². The van der Waals surface area contributed by atoms with Crippen LogP contribution in [0.2, 0.25) is 0 Å². The Morgan fingerprint density at radius 3 is 2.70 bits per heavy atom. The number of hydrogen-bond donors (Lipinski definition) is 1. The maximum absolute atomic E-state index is 13.2. The minimum absolute atomic E-state index is 0.270. The molecule has 0 aliphatic carbocycles. The van der Waals surface area contributed by atoms with Gasteiger partial charge in [-0.05, 0) is 36.6 Å². The highest BCUT2D eigenvalue weighted by atomic mass is 32.2. The molecule has 1 heterocycles. The van der Waals surface area contributed by atoms with Gasteiger partial charge in [-0.25, -0.2) is 9.37 Å². The number of thioether (sulfide) groups is 1. The van der Waals surface area contributed by atoms with Crippen LogP contribution in [0.15, 0.2) is 58.8 Å². The van der Waals surface area contributed by atoms with Gasteiger partial charge in [0.15, 0.2) is 5.13 Å². The van der Waals surface area contributed by atoms with Gasteiger partial charge in [0.25, 0.3) is 5.91 Å². The molecule has 1 N–H and O–H groups in total. The zero-order valence-electron chi connectivity index (χ0n) is 12.2. The smallest absolute Gasteiger partial charge is 0.257 e. The highest BCUT2D eigenvalue weighted by Gasteiger charge is 2.10. The molecule has 0 saturated heterocycles. The van der Waals surface area contributed by atoms with Crippen molar-refractivity contribution >= 4 is 34.1 Å². The summed E-state index contributed by atoms with van der Waals surface area (Å²) < 4.78 is 13.2. The zero-order chi connectivity index (χ0) is 16.2. The summed E-state index contributed by atoms with van der Waals surface area (Å²) >= 11 is 3.02. The monoisotopic (exact) mass is 344 g/mol. The first-order chi connectivity index (χ1) is 11.2. The second-order valence-electron chi connectivity index (χ2n) is 4.73. The molecule has 3 rings (SSSR count). The molecule has 0 atom stereocenters. The fraction of sp³-hybridized carbons (Fsp3) is 0.0588. The number of halogens is 1. The van der Waals surface area contributed by atoms with Gasteiger partial charge in [0, 0.05) is 21.4 Å². The molecule has 3 aromatic rings. The Morgan fingerprint density at radius 2 is 2.00 bits per heavy atom. The molecule has 0 saturated carbocycles. The van der Waals surface area contributed by atoms with Gasteiger partial charge in [-0.1, -0.05) is 18.2 Å². The van der Waals surface area contributed by atoms with Crippen molar-refractivity contribution in [2.45, 2.75) is 4.90 Å². The van der Waals surface area contributed by atoms with Gasteiger partial charge in [-0.15, -0.1) is 23.1 Å². The average molecular weight is 344 g/mol. The van der Waals surface area contributed by atoms with Crippen molar-refractivity contribution < 1.29 is 9.18 Å². The van der Waals surface area contributed by atoms with Crippen LogP contribution in [0.3, 0.4) is 0 Å². The molecule has 0 spiro atoms. The number of nitrogens with one attached hydrogen (secondary N) is 1. The van der Waals surface area contributed by atoms with Gasteiger partial charge in [0.1, 0.15) is 5.82 Å². The Morgan fingerprint density at radius 1 is 1.22 bits per heavy atom. The van der Waals surface area contributed by atoms with E-state index in [0.29, 0.717) is 5.13 Å². The van der Waals surface area contributed by atoms with Crippen LogP contribution in [0.25, 0.3) is 11.3 Å². The summed E-state index contributed by atoms with van der Waals surface area (Å²) in [5.41, 5.74) is 2.06. The van der Waals surface area contributed by atoms with Crippen LogP contribution in [-0.4, -0.2) is 17.1 Å². The van der Waals surface area contributed by atoms with Crippen LogP contribution in [0.5, 0.6) is 0 Å². The quantitative estimate of drug-likeness (QED) is 0.683. The first-order valence-corrected chi connectivity index (χ1v) is 8.93. The van der Waals surface area contributed by atoms with E-state index in [1.54, 1.807) is 17.8 Å². The predicted molar refractivity (Wildman–Crippen MR) is 93.7 cm³/mol. The van der Waals surface area contributed by atoms with Crippen molar-refractivity contribution in [3.05, 3.63) is 65.3 Å². The molecule has 6 heteroatoms. The molecule has 0 bridgehead atoms. The summed E-state index contributed by atoms with van der Waals surface area (Å²) in [5.74, 6) is -0.811. The Bertz CT molecular complexity index is 831. The lowest BCUT2D eigenvalue weighted by Gasteiger charge is -2.02. The van der Waals surface area contributed by atoms with Gasteiger partial charge in [-0.3, -0.25) is 10.1 Å². The highest BCUT2D eigenvalue weighted by molar-refractivity contribution is 7.98. The van der Waals surface area contributed by atoms with Gasteiger partial charge in [0.05, 0.1) is 5.69 Å². The standard InChI is InChI=1S/C17H13FN2OS2/c1-22-14-7-5-11(6-8-14)15-10-23-17(19-15)20-16(21)12-3-2-4-13(18)9-12/h2-10H,1H3,(H,19,20,21).